The summed E-state index contributed by atoms with van der Waals surface area (Å²) in [6.45, 7) is 4.38. The van der Waals surface area contributed by atoms with Crippen molar-refractivity contribution in [1.29, 1.82) is 0 Å². The van der Waals surface area contributed by atoms with Crippen LogP contribution in [0.25, 0.3) is 0 Å². The average molecular weight is 289 g/mol. The highest BCUT2D eigenvalue weighted by Crippen LogP contribution is 2.22. The van der Waals surface area contributed by atoms with Crippen LogP contribution in [0.2, 0.25) is 0 Å². The van der Waals surface area contributed by atoms with E-state index in [1.54, 1.807) is 24.3 Å². The highest BCUT2D eigenvalue weighted by Gasteiger charge is 2.34. The predicted molar refractivity (Wildman–Crippen MR) is 76.8 cm³/mol. The van der Waals surface area contributed by atoms with Crippen molar-refractivity contribution >= 4 is 17.8 Å². The third-order valence-electron chi connectivity index (χ3n) is 3.24. The number of fused-ring (bicyclic) bond motifs is 1. The molecule has 1 aromatic rings. The normalized spacial score (nSPS) is 13.8. The lowest BCUT2D eigenvalue weighted by molar-refractivity contribution is -0.144. The number of carbonyl (C=O) groups is 3. The van der Waals surface area contributed by atoms with E-state index in [1.165, 1.54) is 4.90 Å². The molecule has 5 heteroatoms. The molecule has 0 unspecified atom stereocenters. The molecule has 5 nitrogen and oxygen atoms in total. The molecule has 2 amide bonds. The maximum Gasteiger partial charge on any atom is 0.306 e. The Kier molecular flexibility index (Phi) is 4.73. The van der Waals surface area contributed by atoms with Gasteiger partial charge >= 0.3 is 5.97 Å². The number of ether oxygens (including phenoxy) is 1. The van der Waals surface area contributed by atoms with Crippen molar-refractivity contribution in [2.75, 3.05) is 13.2 Å². The highest BCUT2D eigenvalue weighted by atomic mass is 16.5. The van der Waals surface area contributed by atoms with E-state index in [2.05, 4.69) is 0 Å². The summed E-state index contributed by atoms with van der Waals surface area (Å²) in [7, 11) is 0. The zero-order valence-corrected chi connectivity index (χ0v) is 12.3. The summed E-state index contributed by atoms with van der Waals surface area (Å²) in [5.41, 5.74) is 0.888. The summed E-state index contributed by atoms with van der Waals surface area (Å²) in [5, 5.41) is 0. The Morgan fingerprint density at radius 3 is 2.24 bits per heavy atom. The summed E-state index contributed by atoms with van der Waals surface area (Å²) in [6, 6.07) is 6.78. The van der Waals surface area contributed by atoms with E-state index in [9.17, 15) is 14.4 Å². The second-order valence-electron chi connectivity index (χ2n) is 5.48. The van der Waals surface area contributed by atoms with Crippen LogP contribution in [0.4, 0.5) is 0 Å². The van der Waals surface area contributed by atoms with E-state index in [0.717, 1.165) is 0 Å². The minimum atomic E-state index is -0.274. The number of hydrogen-bond donors (Lipinski definition) is 0. The molecule has 0 saturated heterocycles. The van der Waals surface area contributed by atoms with Crippen LogP contribution in [0.15, 0.2) is 24.3 Å². The molecule has 0 aliphatic carbocycles. The van der Waals surface area contributed by atoms with E-state index in [4.69, 9.17) is 4.74 Å². The molecule has 1 aromatic carbocycles. The summed E-state index contributed by atoms with van der Waals surface area (Å²) in [6.07, 6.45) is 0.836. The number of rotatable bonds is 6. The maximum atomic E-state index is 12.1. The second kappa shape index (κ2) is 6.52. The SMILES string of the molecule is CC(C)CC(=O)OCCCN1C(=O)c2ccccc2C1=O. The molecule has 1 aliphatic rings. The van der Waals surface area contributed by atoms with Crippen LogP contribution in [0.3, 0.4) is 0 Å². The lowest BCUT2D eigenvalue weighted by atomic mass is 10.1. The summed E-state index contributed by atoms with van der Waals surface area (Å²) in [4.78, 5) is 36.8. The first kappa shape index (κ1) is 15.2. The molecule has 0 bridgehead atoms. The molecule has 112 valence electrons. The maximum absolute atomic E-state index is 12.1. The average Bonchev–Trinajstić information content (AvgIpc) is 2.68. The van der Waals surface area contributed by atoms with Gasteiger partial charge in [-0.25, -0.2) is 0 Å². The summed E-state index contributed by atoms with van der Waals surface area (Å²) in [5.74, 6) is -0.533. The van der Waals surface area contributed by atoms with E-state index < -0.39 is 0 Å². The standard InChI is InChI=1S/C16H19NO4/c1-11(2)10-14(18)21-9-5-8-17-15(19)12-6-3-4-7-13(12)16(17)20/h3-4,6-7,11H,5,8-10H2,1-2H3. The zero-order valence-electron chi connectivity index (χ0n) is 12.3. The molecule has 21 heavy (non-hydrogen) atoms. The minimum absolute atomic E-state index is 0.221. The lowest BCUT2D eigenvalue weighted by Gasteiger charge is -2.13. The monoisotopic (exact) mass is 289 g/mol. The van der Waals surface area contributed by atoms with Gasteiger partial charge in [-0.2, -0.15) is 0 Å². The van der Waals surface area contributed by atoms with E-state index >= 15 is 0 Å². The number of amides is 2. The smallest absolute Gasteiger partial charge is 0.306 e. The fourth-order valence-corrected chi connectivity index (χ4v) is 2.24. The quantitative estimate of drug-likeness (QED) is 0.458. The van der Waals surface area contributed by atoms with Gasteiger partial charge in [0, 0.05) is 13.0 Å². The van der Waals surface area contributed by atoms with Gasteiger partial charge in [0.1, 0.15) is 0 Å². The van der Waals surface area contributed by atoms with Gasteiger partial charge < -0.3 is 4.74 Å². The molecule has 1 heterocycles. The number of hydrogen-bond acceptors (Lipinski definition) is 4. The topological polar surface area (TPSA) is 63.7 Å². The molecule has 0 atom stereocenters. The van der Waals surface area contributed by atoms with Gasteiger partial charge in [0.05, 0.1) is 17.7 Å². The lowest BCUT2D eigenvalue weighted by Crippen LogP contribution is -2.31. The van der Waals surface area contributed by atoms with Gasteiger partial charge in [0.25, 0.3) is 11.8 Å². The van der Waals surface area contributed by atoms with Gasteiger partial charge in [-0.1, -0.05) is 26.0 Å². The molecular formula is C16H19NO4. The Balaban J connectivity index is 1.82. The number of imide groups is 1. The van der Waals surface area contributed by atoms with Gasteiger partial charge in [0.15, 0.2) is 0 Å². The molecule has 0 saturated carbocycles. The molecule has 0 fully saturated rings. The van der Waals surface area contributed by atoms with Crippen molar-refractivity contribution in [2.45, 2.75) is 26.7 Å². The van der Waals surface area contributed by atoms with Gasteiger partial charge in [0.2, 0.25) is 0 Å². The Morgan fingerprint density at radius 2 is 1.71 bits per heavy atom. The molecule has 0 spiro atoms. The van der Waals surface area contributed by atoms with Crippen LogP contribution >= 0.6 is 0 Å². The van der Waals surface area contributed by atoms with Crippen LogP contribution in [-0.4, -0.2) is 35.8 Å². The first-order valence-corrected chi connectivity index (χ1v) is 7.11. The van der Waals surface area contributed by atoms with Crippen LogP contribution < -0.4 is 0 Å². The Bertz CT molecular complexity index is 530. The van der Waals surface area contributed by atoms with Crippen LogP contribution in [0.1, 0.15) is 47.4 Å². The number of esters is 1. The van der Waals surface area contributed by atoms with Crippen molar-refractivity contribution in [3.05, 3.63) is 35.4 Å². The second-order valence-corrected chi connectivity index (χ2v) is 5.48. The fraction of sp³-hybridized carbons (Fsp3) is 0.438. The Labute approximate surface area is 123 Å². The van der Waals surface area contributed by atoms with E-state index in [0.29, 0.717) is 24.0 Å². The molecule has 0 N–H and O–H groups in total. The predicted octanol–water partition coefficient (Wildman–Crippen LogP) is 2.26. The van der Waals surface area contributed by atoms with Gasteiger partial charge in [-0.05, 0) is 24.5 Å². The van der Waals surface area contributed by atoms with Crippen LogP contribution in [0, 0.1) is 5.92 Å². The highest BCUT2D eigenvalue weighted by molar-refractivity contribution is 6.21. The number of benzene rings is 1. The van der Waals surface area contributed by atoms with E-state index in [1.807, 2.05) is 13.8 Å². The zero-order chi connectivity index (χ0) is 15.4. The molecule has 0 radical (unpaired) electrons. The fourth-order valence-electron chi connectivity index (χ4n) is 2.24. The Morgan fingerprint density at radius 1 is 1.14 bits per heavy atom. The first-order valence-electron chi connectivity index (χ1n) is 7.11. The molecule has 2 rings (SSSR count). The molecular weight excluding hydrogens is 270 g/mol. The number of carbonyl (C=O) groups excluding carboxylic acids is 3. The van der Waals surface area contributed by atoms with Crippen LogP contribution in [-0.2, 0) is 9.53 Å². The Hall–Kier alpha value is -2.17. The first-order chi connectivity index (χ1) is 10.0. The van der Waals surface area contributed by atoms with Crippen molar-refractivity contribution in [3.8, 4) is 0 Å². The summed E-state index contributed by atoms with van der Waals surface area (Å²) < 4.78 is 5.07. The largest absolute Gasteiger partial charge is 0.466 e. The summed E-state index contributed by atoms with van der Waals surface area (Å²) >= 11 is 0. The number of nitrogens with zero attached hydrogens (tertiary/aromatic N) is 1. The third kappa shape index (κ3) is 3.48. The minimum Gasteiger partial charge on any atom is -0.466 e. The van der Waals surface area contributed by atoms with Crippen LogP contribution in [0.5, 0.6) is 0 Å². The van der Waals surface area contributed by atoms with Gasteiger partial charge in [-0.3, -0.25) is 19.3 Å². The third-order valence-corrected chi connectivity index (χ3v) is 3.24. The van der Waals surface area contributed by atoms with Crippen molar-refractivity contribution in [1.82, 2.24) is 4.90 Å². The molecule has 1 aliphatic heterocycles. The van der Waals surface area contributed by atoms with Crippen molar-refractivity contribution in [3.63, 3.8) is 0 Å². The van der Waals surface area contributed by atoms with Crippen molar-refractivity contribution in [2.24, 2.45) is 5.92 Å². The van der Waals surface area contributed by atoms with Crippen molar-refractivity contribution < 1.29 is 19.1 Å². The molecule has 0 aromatic heterocycles. The van der Waals surface area contributed by atoms with E-state index in [-0.39, 0.29) is 36.9 Å². The van der Waals surface area contributed by atoms with Gasteiger partial charge in [-0.15, -0.1) is 0 Å².